The van der Waals surface area contributed by atoms with E-state index < -0.39 is 0 Å². The molecule has 0 spiro atoms. The van der Waals surface area contributed by atoms with E-state index in [9.17, 15) is 4.79 Å². The molecular weight excluding hydrogens is 172 g/mol. The third kappa shape index (κ3) is 7.80. The third-order valence-electron chi connectivity index (χ3n) is 1.71. The van der Waals surface area contributed by atoms with Crippen LogP contribution < -0.4 is 0 Å². The Balaban J connectivity index is 3.57. The lowest BCUT2D eigenvalue weighted by molar-refractivity contribution is -0.107. The summed E-state index contributed by atoms with van der Waals surface area (Å²) in [6.07, 6.45) is 4.84. The van der Waals surface area contributed by atoms with E-state index in [1.54, 1.807) is 0 Å². The van der Waals surface area contributed by atoms with Crippen molar-refractivity contribution in [1.82, 2.24) is 0 Å². The van der Waals surface area contributed by atoms with Crippen LogP contribution in [0.25, 0.3) is 0 Å². The van der Waals surface area contributed by atoms with Crippen molar-refractivity contribution in [1.29, 1.82) is 0 Å². The van der Waals surface area contributed by atoms with Crippen molar-refractivity contribution in [2.45, 2.75) is 40.0 Å². The quantitative estimate of drug-likeness (QED) is 0.477. The Hall–Kier alpha value is -0.300. The number of allylic oxidation sites excluding steroid dienone is 2. The maximum atomic E-state index is 10.4. The number of carbonyl (C=O) groups is 1. The van der Waals surface area contributed by atoms with E-state index >= 15 is 0 Å². The highest BCUT2D eigenvalue weighted by Crippen LogP contribution is 2.11. The highest BCUT2D eigenvalue weighted by atomic mass is 35.5. The summed E-state index contributed by atoms with van der Waals surface area (Å²) in [4.78, 5) is 10.4. The van der Waals surface area contributed by atoms with Gasteiger partial charge in [0.15, 0.2) is 0 Å². The first-order valence-corrected chi connectivity index (χ1v) is 4.76. The lowest BCUT2D eigenvalue weighted by Crippen LogP contribution is -1.88. The minimum atomic E-state index is -0.364. The predicted octanol–water partition coefficient (Wildman–Crippen LogP) is 3.52. The minimum absolute atomic E-state index is 0.364. The van der Waals surface area contributed by atoms with E-state index in [0.29, 0.717) is 0 Å². The molecule has 12 heavy (non-hydrogen) atoms. The monoisotopic (exact) mass is 188 g/mol. The second-order valence-corrected chi connectivity index (χ2v) is 3.95. The van der Waals surface area contributed by atoms with E-state index in [-0.39, 0.29) is 5.24 Å². The topological polar surface area (TPSA) is 17.1 Å². The van der Waals surface area contributed by atoms with E-state index in [1.807, 2.05) is 6.92 Å². The molecule has 0 radical (unpaired) electrons. The molecule has 0 N–H and O–H groups in total. The summed E-state index contributed by atoms with van der Waals surface area (Å²) >= 11 is 5.20. The Bertz CT molecular complexity index is 171. The van der Waals surface area contributed by atoms with Crippen LogP contribution in [0.3, 0.4) is 0 Å². The zero-order valence-electron chi connectivity index (χ0n) is 8.06. The number of halogens is 1. The first-order valence-electron chi connectivity index (χ1n) is 4.39. The molecule has 0 aromatic heterocycles. The number of carbonyl (C=O) groups excluding carboxylic acids is 1. The predicted molar refractivity (Wildman–Crippen MR) is 53.3 cm³/mol. The highest BCUT2D eigenvalue weighted by molar-refractivity contribution is 6.66. The molecule has 0 saturated heterocycles. The van der Waals surface area contributed by atoms with Crippen molar-refractivity contribution in [2.75, 3.05) is 0 Å². The van der Waals surface area contributed by atoms with Gasteiger partial charge in [0.05, 0.1) is 0 Å². The Labute approximate surface area is 79.8 Å². The zero-order valence-corrected chi connectivity index (χ0v) is 8.82. The van der Waals surface area contributed by atoms with Crippen molar-refractivity contribution in [3.05, 3.63) is 11.6 Å². The van der Waals surface area contributed by atoms with Crippen molar-refractivity contribution in [3.8, 4) is 0 Å². The molecule has 0 aromatic carbocycles. The summed E-state index contributed by atoms with van der Waals surface area (Å²) in [5.41, 5.74) is 1.08. The van der Waals surface area contributed by atoms with E-state index in [0.717, 1.165) is 24.3 Å². The molecule has 0 saturated carbocycles. The van der Waals surface area contributed by atoms with Gasteiger partial charge in [-0.15, -0.1) is 0 Å². The second-order valence-electron chi connectivity index (χ2n) is 3.58. The molecule has 0 bridgehead atoms. The number of hydrogen-bond donors (Lipinski definition) is 0. The second kappa shape index (κ2) is 6.24. The molecule has 0 aliphatic rings. The maximum Gasteiger partial charge on any atom is 0.245 e. The van der Waals surface area contributed by atoms with Gasteiger partial charge >= 0.3 is 0 Å². The third-order valence-corrected chi connectivity index (χ3v) is 1.82. The number of hydrogen-bond acceptors (Lipinski definition) is 1. The van der Waals surface area contributed by atoms with Crippen molar-refractivity contribution < 1.29 is 4.79 Å². The lowest BCUT2D eigenvalue weighted by atomic mass is 10.0. The molecule has 0 aliphatic carbocycles. The van der Waals surface area contributed by atoms with Crippen LogP contribution in [0.1, 0.15) is 40.0 Å². The largest absolute Gasteiger partial charge is 0.276 e. The van der Waals surface area contributed by atoms with Gasteiger partial charge in [0, 0.05) is 0 Å². The fourth-order valence-corrected chi connectivity index (χ4v) is 1.24. The normalized spacial score (nSPS) is 12.2. The standard InChI is InChI=1S/C10H17ClO/c1-8(2)5-4-6-9(3)7-10(11)12/h7-8H,4-6H2,1-3H3/b9-7+. The molecule has 0 unspecified atom stereocenters. The van der Waals surface area contributed by atoms with Crippen LogP contribution in [0.15, 0.2) is 11.6 Å². The molecule has 0 rings (SSSR count). The Morgan fingerprint density at radius 1 is 1.50 bits per heavy atom. The minimum Gasteiger partial charge on any atom is -0.276 e. The van der Waals surface area contributed by atoms with Crippen LogP contribution in [0.2, 0.25) is 0 Å². The van der Waals surface area contributed by atoms with Gasteiger partial charge in [-0.25, -0.2) is 0 Å². The highest BCUT2D eigenvalue weighted by Gasteiger charge is 1.96. The average molecular weight is 189 g/mol. The summed E-state index contributed by atoms with van der Waals surface area (Å²) in [5, 5.41) is -0.364. The summed E-state index contributed by atoms with van der Waals surface area (Å²) in [6, 6.07) is 0. The Morgan fingerprint density at radius 3 is 2.50 bits per heavy atom. The molecule has 2 heteroatoms. The van der Waals surface area contributed by atoms with E-state index in [1.165, 1.54) is 12.5 Å². The fourth-order valence-electron chi connectivity index (χ4n) is 1.06. The van der Waals surface area contributed by atoms with Gasteiger partial charge in [0.1, 0.15) is 0 Å². The SMILES string of the molecule is C/C(=C\C(=O)Cl)CCCC(C)C. The first kappa shape index (κ1) is 11.7. The van der Waals surface area contributed by atoms with Gasteiger partial charge in [0.2, 0.25) is 5.24 Å². The van der Waals surface area contributed by atoms with Crippen LogP contribution in [0, 0.1) is 5.92 Å². The fraction of sp³-hybridized carbons (Fsp3) is 0.700. The van der Waals surface area contributed by atoms with Gasteiger partial charge in [0.25, 0.3) is 0 Å². The molecule has 0 amide bonds. The average Bonchev–Trinajstić information content (AvgIpc) is 1.84. The van der Waals surface area contributed by atoms with Crippen LogP contribution in [-0.4, -0.2) is 5.24 Å². The van der Waals surface area contributed by atoms with Crippen LogP contribution in [0.4, 0.5) is 0 Å². The Morgan fingerprint density at radius 2 is 2.08 bits per heavy atom. The Kier molecular flexibility index (Phi) is 6.09. The summed E-state index contributed by atoms with van der Waals surface area (Å²) in [6.45, 7) is 6.35. The first-order chi connectivity index (χ1) is 5.52. The molecule has 1 nitrogen and oxygen atoms in total. The van der Waals surface area contributed by atoms with Gasteiger partial charge in [-0.05, 0) is 43.4 Å². The maximum absolute atomic E-state index is 10.4. The molecule has 0 atom stereocenters. The summed E-state index contributed by atoms with van der Waals surface area (Å²) in [7, 11) is 0. The van der Waals surface area contributed by atoms with Gasteiger partial charge < -0.3 is 0 Å². The molecule has 0 aliphatic heterocycles. The molecule has 0 fully saturated rings. The van der Waals surface area contributed by atoms with E-state index in [4.69, 9.17) is 11.6 Å². The van der Waals surface area contributed by atoms with Gasteiger partial charge in [-0.2, -0.15) is 0 Å². The van der Waals surface area contributed by atoms with Crippen LogP contribution in [-0.2, 0) is 4.79 Å². The van der Waals surface area contributed by atoms with Gasteiger partial charge in [-0.1, -0.05) is 25.8 Å². The van der Waals surface area contributed by atoms with Gasteiger partial charge in [-0.3, -0.25) is 4.79 Å². The molecular formula is C10H17ClO. The summed E-state index contributed by atoms with van der Waals surface area (Å²) < 4.78 is 0. The number of rotatable bonds is 5. The van der Waals surface area contributed by atoms with E-state index in [2.05, 4.69) is 13.8 Å². The molecule has 0 aromatic rings. The summed E-state index contributed by atoms with van der Waals surface area (Å²) in [5.74, 6) is 0.740. The van der Waals surface area contributed by atoms with Crippen molar-refractivity contribution in [2.24, 2.45) is 5.92 Å². The molecule has 70 valence electrons. The zero-order chi connectivity index (χ0) is 9.56. The molecule has 0 heterocycles. The van der Waals surface area contributed by atoms with Crippen molar-refractivity contribution in [3.63, 3.8) is 0 Å². The van der Waals surface area contributed by atoms with Crippen LogP contribution >= 0.6 is 11.6 Å². The smallest absolute Gasteiger partial charge is 0.245 e. The lowest BCUT2D eigenvalue weighted by Gasteiger charge is -2.03. The van der Waals surface area contributed by atoms with Crippen LogP contribution in [0.5, 0.6) is 0 Å². The van der Waals surface area contributed by atoms with Crippen molar-refractivity contribution >= 4 is 16.8 Å².